The van der Waals surface area contributed by atoms with E-state index in [9.17, 15) is 9.59 Å². The highest BCUT2D eigenvalue weighted by Crippen LogP contribution is 2.30. The third kappa shape index (κ3) is 4.62. The first-order valence-corrected chi connectivity index (χ1v) is 9.99. The van der Waals surface area contributed by atoms with Gasteiger partial charge in [0.25, 0.3) is 11.8 Å². The minimum absolute atomic E-state index is 0.108. The summed E-state index contributed by atoms with van der Waals surface area (Å²) in [5.41, 5.74) is 7.86. The Labute approximate surface area is 176 Å². The number of nitrogens with one attached hydrogen (secondary N) is 2. The summed E-state index contributed by atoms with van der Waals surface area (Å²) >= 11 is 0. The topological polar surface area (TPSA) is 85.3 Å². The Hall–Kier alpha value is -3.35. The summed E-state index contributed by atoms with van der Waals surface area (Å²) in [6.07, 6.45) is 0. The van der Waals surface area contributed by atoms with E-state index < -0.39 is 11.8 Å². The molecule has 158 valence electrons. The summed E-state index contributed by atoms with van der Waals surface area (Å²) < 4.78 is 7.75. The predicted molar refractivity (Wildman–Crippen MR) is 116 cm³/mol. The molecule has 0 bridgehead atoms. The molecule has 30 heavy (non-hydrogen) atoms. The number of hydrazine groups is 1. The van der Waals surface area contributed by atoms with E-state index in [0.717, 1.165) is 29.0 Å². The van der Waals surface area contributed by atoms with Crippen LogP contribution in [-0.4, -0.2) is 28.0 Å². The molecule has 0 aliphatic heterocycles. The zero-order valence-corrected chi connectivity index (χ0v) is 18.1. The molecule has 0 atom stereocenters. The van der Waals surface area contributed by atoms with Crippen LogP contribution in [0.4, 0.5) is 0 Å². The van der Waals surface area contributed by atoms with Gasteiger partial charge in [0.1, 0.15) is 11.6 Å². The van der Waals surface area contributed by atoms with Crippen LogP contribution in [0, 0.1) is 6.92 Å². The zero-order chi connectivity index (χ0) is 21.9. The average molecular weight is 409 g/mol. The maximum atomic E-state index is 12.4. The Kier molecular flexibility index (Phi) is 6.10. The molecule has 0 unspecified atom stereocenters. The van der Waals surface area contributed by atoms with E-state index >= 15 is 0 Å². The van der Waals surface area contributed by atoms with Gasteiger partial charge in [0.15, 0.2) is 6.61 Å². The van der Waals surface area contributed by atoms with Crippen LogP contribution in [0.5, 0.6) is 5.75 Å². The maximum absolute atomic E-state index is 12.4. The van der Waals surface area contributed by atoms with E-state index in [1.807, 2.05) is 44.2 Å². The highest BCUT2D eigenvalue weighted by molar-refractivity contribution is 5.98. The molecule has 0 spiro atoms. The average Bonchev–Trinajstić information content (AvgIpc) is 3.03. The minimum Gasteiger partial charge on any atom is -0.483 e. The van der Waals surface area contributed by atoms with Crippen LogP contribution < -0.4 is 15.6 Å². The highest BCUT2D eigenvalue weighted by Gasteiger charge is 2.19. The molecule has 0 saturated carbocycles. The molecule has 1 heterocycles. The largest absolute Gasteiger partial charge is 0.483 e. The van der Waals surface area contributed by atoms with Gasteiger partial charge >= 0.3 is 0 Å². The summed E-state index contributed by atoms with van der Waals surface area (Å²) in [5, 5.41) is 0. The SMILES string of the molecule is CCn1c(C)nc2cc(C(=O)NNC(=O)COc3ccccc3C(C)(C)C)ccc21. The Morgan fingerprint density at radius 1 is 1.10 bits per heavy atom. The summed E-state index contributed by atoms with van der Waals surface area (Å²) in [7, 11) is 0. The van der Waals surface area contributed by atoms with Crippen molar-refractivity contribution in [2.75, 3.05) is 6.61 Å². The third-order valence-electron chi connectivity index (χ3n) is 4.89. The van der Waals surface area contributed by atoms with Crippen molar-refractivity contribution in [3.8, 4) is 5.75 Å². The molecule has 7 nitrogen and oxygen atoms in total. The van der Waals surface area contributed by atoms with E-state index in [1.165, 1.54) is 0 Å². The van der Waals surface area contributed by atoms with Crippen molar-refractivity contribution >= 4 is 22.8 Å². The smallest absolute Gasteiger partial charge is 0.276 e. The van der Waals surface area contributed by atoms with E-state index in [-0.39, 0.29) is 12.0 Å². The van der Waals surface area contributed by atoms with Gasteiger partial charge in [-0.05, 0) is 49.1 Å². The standard InChI is InChI=1S/C23H28N4O3/c1-6-27-15(2)24-18-13-16(11-12-19(18)27)22(29)26-25-21(28)14-30-20-10-8-7-9-17(20)23(3,4)5/h7-13H,6,14H2,1-5H3,(H,25,28)(H,26,29). The molecule has 2 aromatic carbocycles. The van der Waals surface area contributed by atoms with Crippen molar-refractivity contribution in [1.29, 1.82) is 0 Å². The summed E-state index contributed by atoms with van der Waals surface area (Å²) in [6.45, 7) is 10.8. The predicted octanol–water partition coefficient (Wildman–Crippen LogP) is 3.50. The lowest BCUT2D eigenvalue weighted by molar-refractivity contribution is -0.123. The molecule has 2 amide bonds. The fourth-order valence-electron chi connectivity index (χ4n) is 3.38. The number of imidazole rings is 1. The number of rotatable bonds is 5. The number of nitrogens with zero attached hydrogens (tertiary/aromatic N) is 2. The Balaban J connectivity index is 1.59. The molecule has 0 saturated heterocycles. The Bertz CT molecular complexity index is 1080. The van der Waals surface area contributed by atoms with Gasteiger partial charge in [-0.3, -0.25) is 20.4 Å². The summed E-state index contributed by atoms with van der Waals surface area (Å²) in [4.78, 5) is 29.0. The quantitative estimate of drug-likeness (QED) is 0.633. The van der Waals surface area contributed by atoms with Gasteiger partial charge in [0.2, 0.25) is 0 Å². The number of para-hydroxylation sites is 1. The molecule has 3 aromatic rings. The number of fused-ring (bicyclic) bond motifs is 1. The van der Waals surface area contributed by atoms with Crippen LogP contribution in [0.2, 0.25) is 0 Å². The number of hydrogen-bond donors (Lipinski definition) is 2. The fourth-order valence-corrected chi connectivity index (χ4v) is 3.38. The van der Waals surface area contributed by atoms with Crippen molar-refractivity contribution in [3.05, 3.63) is 59.4 Å². The Morgan fingerprint density at radius 2 is 1.83 bits per heavy atom. The molecule has 7 heteroatoms. The van der Waals surface area contributed by atoms with Crippen molar-refractivity contribution in [1.82, 2.24) is 20.4 Å². The van der Waals surface area contributed by atoms with Crippen molar-refractivity contribution < 1.29 is 14.3 Å². The second-order valence-corrected chi connectivity index (χ2v) is 8.14. The number of ether oxygens (including phenoxy) is 1. The minimum atomic E-state index is -0.445. The molecule has 0 fully saturated rings. The summed E-state index contributed by atoms with van der Waals surface area (Å²) in [6, 6.07) is 12.9. The molecule has 3 rings (SSSR count). The van der Waals surface area contributed by atoms with E-state index in [1.54, 1.807) is 12.1 Å². The molecule has 0 radical (unpaired) electrons. The molecule has 0 aliphatic rings. The second-order valence-electron chi connectivity index (χ2n) is 8.14. The number of carbonyl (C=O) groups excluding carboxylic acids is 2. The Morgan fingerprint density at radius 3 is 2.53 bits per heavy atom. The lowest BCUT2D eigenvalue weighted by Gasteiger charge is -2.22. The summed E-state index contributed by atoms with van der Waals surface area (Å²) in [5.74, 6) is 0.688. The number of benzene rings is 2. The molecule has 1 aromatic heterocycles. The van der Waals surface area contributed by atoms with Crippen LogP contribution in [-0.2, 0) is 16.8 Å². The highest BCUT2D eigenvalue weighted by atomic mass is 16.5. The van der Waals surface area contributed by atoms with Crippen molar-refractivity contribution in [2.45, 2.75) is 46.6 Å². The number of carbonyl (C=O) groups is 2. The maximum Gasteiger partial charge on any atom is 0.276 e. The third-order valence-corrected chi connectivity index (χ3v) is 4.89. The van der Waals surface area contributed by atoms with Gasteiger partial charge in [-0.15, -0.1) is 0 Å². The first-order valence-electron chi connectivity index (χ1n) is 9.99. The van der Waals surface area contributed by atoms with Gasteiger partial charge in [-0.2, -0.15) is 0 Å². The van der Waals surface area contributed by atoms with E-state index in [2.05, 4.69) is 41.2 Å². The number of hydrogen-bond acceptors (Lipinski definition) is 4. The van der Waals surface area contributed by atoms with Gasteiger partial charge in [-0.25, -0.2) is 4.98 Å². The van der Waals surface area contributed by atoms with E-state index in [4.69, 9.17) is 4.74 Å². The van der Waals surface area contributed by atoms with Crippen LogP contribution in [0.15, 0.2) is 42.5 Å². The lowest BCUT2D eigenvalue weighted by atomic mass is 9.86. The first kappa shape index (κ1) is 21.4. The second kappa shape index (κ2) is 8.57. The molecule has 2 N–H and O–H groups in total. The van der Waals surface area contributed by atoms with Crippen LogP contribution in [0.1, 0.15) is 49.4 Å². The number of amides is 2. The monoisotopic (exact) mass is 408 g/mol. The lowest BCUT2D eigenvalue weighted by Crippen LogP contribution is -2.43. The first-order chi connectivity index (χ1) is 14.2. The normalized spacial score (nSPS) is 11.4. The fraction of sp³-hybridized carbons (Fsp3) is 0.348. The van der Waals surface area contributed by atoms with Gasteiger partial charge in [-0.1, -0.05) is 39.0 Å². The molecular formula is C23H28N4O3. The van der Waals surface area contributed by atoms with Crippen LogP contribution >= 0.6 is 0 Å². The van der Waals surface area contributed by atoms with E-state index in [0.29, 0.717) is 11.3 Å². The molecule has 0 aliphatic carbocycles. The molecular weight excluding hydrogens is 380 g/mol. The van der Waals surface area contributed by atoms with Gasteiger partial charge < -0.3 is 9.30 Å². The van der Waals surface area contributed by atoms with Gasteiger partial charge in [0.05, 0.1) is 11.0 Å². The zero-order valence-electron chi connectivity index (χ0n) is 18.1. The van der Waals surface area contributed by atoms with Crippen molar-refractivity contribution in [3.63, 3.8) is 0 Å². The number of aryl methyl sites for hydroxylation is 2. The van der Waals surface area contributed by atoms with Gasteiger partial charge in [0, 0.05) is 12.1 Å². The number of aromatic nitrogens is 2. The van der Waals surface area contributed by atoms with Crippen molar-refractivity contribution in [2.24, 2.45) is 0 Å². The van der Waals surface area contributed by atoms with Crippen LogP contribution in [0.25, 0.3) is 11.0 Å². The van der Waals surface area contributed by atoms with Crippen LogP contribution in [0.3, 0.4) is 0 Å².